The summed E-state index contributed by atoms with van der Waals surface area (Å²) >= 11 is 7.69. The van der Waals surface area contributed by atoms with Gasteiger partial charge in [-0.15, -0.1) is 11.3 Å². The Kier molecular flexibility index (Phi) is 9.36. The first kappa shape index (κ1) is 31.3. The molecule has 2 amide bonds. The highest BCUT2D eigenvalue weighted by Crippen LogP contribution is 2.44. The van der Waals surface area contributed by atoms with Crippen molar-refractivity contribution in [1.29, 1.82) is 0 Å². The van der Waals surface area contributed by atoms with Crippen molar-refractivity contribution in [2.45, 2.75) is 43.6 Å². The average Bonchev–Trinajstić information content (AvgIpc) is 3.42. The summed E-state index contributed by atoms with van der Waals surface area (Å²) in [6.07, 6.45) is 0.370. The number of aliphatic hydroxyl groups excluding tert-OH is 1. The van der Waals surface area contributed by atoms with Crippen LogP contribution in [-0.2, 0) is 4.79 Å². The maximum Gasteiger partial charge on any atom is 0.263 e. The highest BCUT2D eigenvalue weighted by atomic mass is 35.5. The van der Waals surface area contributed by atoms with Crippen molar-refractivity contribution in [1.82, 2.24) is 9.80 Å². The standard InChI is InChI=1S/C31H33ClF3N3O4S/c32-25-18-21(33)4-7-23(25)27-24(20-2-5-22(6-3-20)42-17-1-16-39)19-26(43-27)28(40)37-12-8-30(9-13-37,29(36)41)38-14-10-31(34,35)11-15-38/h2-7,18-19,39H,1,8-17H2,(H2,36,41). The third kappa shape index (κ3) is 6.69. The summed E-state index contributed by atoms with van der Waals surface area (Å²) in [4.78, 5) is 31.0. The zero-order valence-corrected chi connectivity index (χ0v) is 25.0. The first-order valence-corrected chi connectivity index (χ1v) is 15.4. The van der Waals surface area contributed by atoms with Crippen LogP contribution in [0.3, 0.4) is 0 Å². The maximum atomic E-state index is 13.9. The van der Waals surface area contributed by atoms with Crippen LogP contribution >= 0.6 is 22.9 Å². The number of aliphatic hydroxyl groups is 1. The van der Waals surface area contributed by atoms with Gasteiger partial charge in [-0.05, 0) is 54.8 Å². The maximum absolute atomic E-state index is 13.9. The Morgan fingerprint density at radius 2 is 1.65 bits per heavy atom. The number of benzene rings is 2. The number of carbonyl (C=O) groups is 2. The van der Waals surface area contributed by atoms with Gasteiger partial charge in [0.1, 0.15) is 17.1 Å². The van der Waals surface area contributed by atoms with Crippen LogP contribution in [0.2, 0.25) is 5.02 Å². The van der Waals surface area contributed by atoms with Crippen molar-refractivity contribution in [3.8, 4) is 27.3 Å². The lowest BCUT2D eigenvalue weighted by molar-refractivity contribution is -0.140. The van der Waals surface area contributed by atoms with Gasteiger partial charge in [0.25, 0.3) is 11.8 Å². The van der Waals surface area contributed by atoms with Gasteiger partial charge in [-0.2, -0.15) is 0 Å². The number of hydrogen-bond donors (Lipinski definition) is 2. The van der Waals surface area contributed by atoms with Gasteiger partial charge < -0.3 is 20.5 Å². The third-order valence-corrected chi connectivity index (χ3v) is 9.76. The molecular weight excluding hydrogens is 603 g/mol. The van der Waals surface area contributed by atoms with Crippen LogP contribution in [-0.4, -0.2) is 77.6 Å². The molecule has 0 aliphatic carbocycles. The lowest BCUT2D eigenvalue weighted by Gasteiger charge is -2.48. The molecule has 2 saturated heterocycles. The second-order valence-corrected chi connectivity index (χ2v) is 12.4. The number of piperidine rings is 2. The number of halogens is 4. The zero-order chi connectivity index (χ0) is 30.8. The van der Waals surface area contributed by atoms with Crippen LogP contribution < -0.4 is 10.5 Å². The fraction of sp³-hybridized carbons (Fsp3) is 0.419. The number of alkyl halides is 2. The lowest BCUT2D eigenvalue weighted by Crippen LogP contribution is -2.64. The molecule has 0 radical (unpaired) electrons. The normalized spacial score (nSPS) is 18.4. The monoisotopic (exact) mass is 635 g/mol. The van der Waals surface area contributed by atoms with Crippen molar-refractivity contribution in [3.05, 3.63) is 64.2 Å². The van der Waals surface area contributed by atoms with Gasteiger partial charge in [0.2, 0.25) is 5.91 Å². The molecule has 0 unspecified atom stereocenters. The number of nitrogens with two attached hydrogens (primary N) is 1. The van der Waals surface area contributed by atoms with E-state index in [9.17, 15) is 22.8 Å². The molecule has 2 aliphatic heterocycles. The molecule has 230 valence electrons. The average molecular weight is 636 g/mol. The second kappa shape index (κ2) is 12.9. The highest BCUT2D eigenvalue weighted by Gasteiger charge is 2.49. The number of nitrogens with zero attached hydrogens (tertiary/aromatic N) is 2. The number of primary amides is 1. The second-order valence-electron chi connectivity index (χ2n) is 11.0. The number of amides is 2. The summed E-state index contributed by atoms with van der Waals surface area (Å²) < 4.78 is 47.1. The fourth-order valence-electron chi connectivity index (χ4n) is 5.79. The summed E-state index contributed by atoms with van der Waals surface area (Å²) in [5, 5.41) is 9.20. The van der Waals surface area contributed by atoms with Gasteiger partial charge in [-0.1, -0.05) is 23.7 Å². The van der Waals surface area contributed by atoms with Gasteiger partial charge in [0.05, 0.1) is 16.5 Å². The topological polar surface area (TPSA) is 96.1 Å². The summed E-state index contributed by atoms with van der Waals surface area (Å²) in [7, 11) is 0. The van der Waals surface area contributed by atoms with Crippen LogP contribution in [0.5, 0.6) is 5.75 Å². The molecule has 3 N–H and O–H groups in total. The Morgan fingerprint density at radius 1 is 0.977 bits per heavy atom. The van der Waals surface area contributed by atoms with E-state index in [2.05, 4.69) is 0 Å². The number of hydrogen-bond acceptors (Lipinski definition) is 6. The molecule has 0 bridgehead atoms. The molecule has 12 heteroatoms. The van der Waals surface area contributed by atoms with Gasteiger partial charge in [0.15, 0.2) is 0 Å². The number of thiophene rings is 1. The molecular formula is C31H33ClF3N3O4S. The minimum absolute atomic E-state index is 0.0310. The van der Waals surface area contributed by atoms with Gasteiger partial charge >= 0.3 is 0 Å². The van der Waals surface area contributed by atoms with E-state index in [0.29, 0.717) is 34.1 Å². The van der Waals surface area contributed by atoms with Crippen molar-refractivity contribution >= 4 is 34.8 Å². The number of ether oxygens (including phenoxy) is 1. The molecule has 43 heavy (non-hydrogen) atoms. The van der Waals surface area contributed by atoms with Gasteiger partial charge in [-0.25, -0.2) is 13.2 Å². The third-order valence-electron chi connectivity index (χ3n) is 8.29. The minimum atomic E-state index is -2.75. The molecule has 0 atom stereocenters. The molecule has 3 heterocycles. The van der Waals surface area contributed by atoms with E-state index < -0.39 is 23.2 Å². The van der Waals surface area contributed by atoms with E-state index in [0.717, 1.165) is 11.1 Å². The van der Waals surface area contributed by atoms with E-state index in [1.807, 2.05) is 12.1 Å². The Morgan fingerprint density at radius 3 is 2.26 bits per heavy atom. The van der Waals surface area contributed by atoms with E-state index >= 15 is 0 Å². The zero-order valence-electron chi connectivity index (χ0n) is 23.5. The quantitative estimate of drug-likeness (QED) is 0.289. The summed E-state index contributed by atoms with van der Waals surface area (Å²) in [6, 6.07) is 13.2. The van der Waals surface area contributed by atoms with Gasteiger partial charge in [-0.3, -0.25) is 14.5 Å². The Hall–Kier alpha value is -3.12. The van der Waals surface area contributed by atoms with Crippen LogP contribution in [0, 0.1) is 5.82 Å². The van der Waals surface area contributed by atoms with Crippen molar-refractivity contribution in [3.63, 3.8) is 0 Å². The van der Waals surface area contributed by atoms with Crippen molar-refractivity contribution in [2.24, 2.45) is 5.73 Å². The Balaban J connectivity index is 1.40. The van der Waals surface area contributed by atoms with Crippen LogP contribution in [0.25, 0.3) is 21.6 Å². The summed E-state index contributed by atoms with van der Waals surface area (Å²) in [6.45, 7) is 1.04. The number of carbonyl (C=O) groups excluding carboxylic acids is 2. The molecule has 0 spiro atoms. The summed E-state index contributed by atoms with van der Waals surface area (Å²) in [5.74, 6) is -3.38. The molecule has 1 aromatic heterocycles. The predicted octanol–water partition coefficient (Wildman–Crippen LogP) is 5.83. The Labute approximate surface area is 257 Å². The van der Waals surface area contributed by atoms with E-state index in [-0.39, 0.29) is 69.4 Å². The van der Waals surface area contributed by atoms with Crippen molar-refractivity contribution < 1.29 is 32.6 Å². The van der Waals surface area contributed by atoms with Crippen LogP contribution in [0.15, 0.2) is 48.5 Å². The van der Waals surface area contributed by atoms with Gasteiger partial charge in [0, 0.05) is 68.1 Å². The first-order valence-electron chi connectivity index (χ1n) is 14.2. The Bertz CT molecular complexity index is 1470. The summed E-state index contributed by atoms with van der Waals surface area (Å²) in [5.41, 5.74) is 6.88. The number of likely N-dealkylation sites (tertiary alicyclic amines) is 2. The minimum Gasteiger partial charge on any atom is -0.494 e. The number of rotatable bonds is 9. The molecule has 7 nitrogen and oxygen atoms in total. The lowest BCUT2D eigenvalue weighted by atomic mass is 9.83. The van der Waals surface area contributed by atoms with Crippen LogP contribution in [0.4, 0.5) is 13.2 Å². The van der Waals surface area contributed by atoms with E-state index in [1.54, 1.807) is 34.1 Å². The molecule has 3 aromatic rings. The SMILES string of the molecule is NC(=O)C1(N2CCC(F)(F)CC2)CCN(C(=O)c2cc(-c3ccc(OCCCO)cc3)c(-c3ccc(F)cc3Cl)s2)CC1. The predicted molar refractivity (Wildman–Crippen MR) is 160 cm³/mol. The van der Waals surface area contributed by atoms with Crippen molar-refractivity contribution in [2.75, 3.05) is 39.4 Å². The largest absolute Gasteiger partial charge is 0.494 e. The van der Waals surface area contributed by atoms with Crippen LogP contribution in [0.1, 0.15) is 41.8 Å². The molecule has 2 fully saturated rings. The molecule has 5 rings (SSSR count). The highest BCUT2D eigenvalue weighted by molar-refractivity contribution is 7.18. The van der Waals surface area contributed by atoms with E-state index in [1.165, 1.54) is 23.5 Å². The fourth-order valence-corrected chi connectivity index (χ4v) is 7.29. The van der Waals surface area contributed by atoms with E-state index in [4.69, 9.17) is 27.2 Å². The smallest absolute Gasteiger partial charge is 0.263 e. The molecule has 2 aliphatic rings. The molecule has 2 aromatic carbocycles. The first-order chi connectivity index (χ1) is 20.5. The molecule has 0 saturated carbocycles.